The van der Waals surface area contributed by atoms with Crippen LogP contribution in [-0.4, -0.2) is 9.97 Å². The molecule has 0 bridgehead atoms. The summed E-state index contributed by atoms with van der Waals surface area (Å²) in [6, 6.07) is 8.06. The predicted molar refractivity (Wildman–Crippen MR) is 71.9 cm³/mol. The summed E-state index contributed by atoms with van der Waals surface area (Å²) in [6.45, 7) is 4.09. The number of anilines is 1. The normalized spacial score (nSPS) is 10.5. The third-order valence-electron chi connectivity index (χ3n) is 2.38. The smallest absolute Gasteiger partial charge is 0.127 e. The first-order chi connectivity index (χ1) is 8.15. The first kappa shape index (κ1) is 11.9. The average Bonchev–Trinajstić information content (AvgIpc) is 2.27. The van der Waals surface area contributed by atoms with Gasteiger partial charge in [-0.2, -0.15) is 0 Å². The summed E-state index contributed by atoms with van der Waals surface area (Å²) in [5, 5.41) is 1.03. The minimum atomic E-state index is 0.601. The Hall–Kier alpha value is -1.55. The fraction of sp³-hybridized carbons (Fsp3) is 0.231. The Morgan fingerprint density at radius 3 is 2.82 bits per heavy atom. The maximum Gasteiger partial charge on any atom is 0.127 e. The van der Waals surface area contributed by atoms with Crippen molar-refractivity contribution in [1.29, 1.82) is 0 Å². The molecule has 0 aliphatic carbocycles. The van der Waals surface area contributed by atoms with E-state index in [-0.39, 0.29) is 0 Å². The highest BCUT2D eigenvalue weighted by Crippen LogP contribution is 2.23. The maximum absolute atomic E-state index is 5.80. The van der Waals surface area contributed by atoms with Crippen molar-refractivity contribution in [2.45, 2.75) is 24.6 Å². The van der Waals surface area contributed by atoms with Crippen LogP contribution < -0.4 is 5.73 Å². The molecule has 0 saturated heterocycles. The minimum Gasteiger partial charge on any atom is -0.383 e. The van der Waals surface area contributed by atoms with Crippen LogP contribution in [0.3, 0.4) is 0 Å². The molecular formula is C13H15N3S. The topological polar surface area (TPSA) is 51.8 Å². The molecule has 0 saturated carbocycles. The zero-order chi connectivity index (χ0) is 12.3. The van der Waals surface area contributed by atoms with E-state index in [2.05, 4.69) is 29.0 Å². The lowest BCUT2D eigenvalue weighted by molar-refractivity contribution is 1.05. The van der Waals surface area contributed by atoms with Gasteiger partial charge in [-0.1, -0.05) is 6.07 Å². The number of hydrogen-bond acceptors (Lipinski definition) is 4. The summed E-state index contributed by atoms with van der Waals surface area (Å²) in [4.78, 5) is 8.55. The van der Waals surface area contributed by atoms with Crippen molar-refractivity contribution < 1.29 is 0 Å². The summed E-state index contributed by atoms with van der Waals surface area (Å²) < 4.78 is 0. The number of nitrogen functional groups attached to an aromatic ring is 1. The highest BCUT2D eigenvalue weighted by Gasteiger charge is 2.02. The van der Waals surface area contributed by atoms with Gasteiger partial charge in [-0.15, -0.1) is 11.8 Å². The lowest BCUT2D eigenvalue weighted by Crippen LogP contribution is -1.95. The SMILES string of the molecule is Cc1cc(C)nc(SCc2cccnc2N)c1. The van der Waals surface area contributed by atoms with Crippen molar-refractivity contribution in [2.24, 2.45) is 0 Å². The van der Waals surface area contributed by atoms with E-state index in [1.165, 1.54) is 5.56 Å². The molecule has 0 spiro atoms. The second kappa shape index (κ2) is 5.19. The van der Waals surface area contributed by atoms with Crippen molar-refractivity contribution in [3.05, 3.63) is 47.3 Å². The van der Waals surface area contributed by atoms with Crippen LogP contribution in [0.2, 0.25) is 0 Å². The van der Waals surface area contributed by atoms with Gasteiger partial charge in [-0.25, -0.2) is 9.97 Å². The van der Waals surface area contributed by atoms with Gasteiger partial charge in [0.2, 0.25) is 0 Å². The van der Waals surface area contributed by atoms with Crippen LogP contribution in [-0.2, 0) is 5.75 Å². The third-order valence-corrected chi connectivity index (χ3v) is 3.34. The molecule has 2 aromatic rings. The van der Waals surface area contributed by atoms with Gasteiger partial charge in [0.15, 0.2) is 0 Å². The van der Waals surface area contributed by atoms with Crippen LogP contribution in [0.1, 0.15) is 16.8 Å². The molecule has 0 fully saturated rings. The van der Waals surface area contributed by atoms with Crippen LogP contribution in [0.4, 0.5) is 5.82 Å². The first-order valence-corrected chi connectivity index (χ1v) is 6.41. The molecule has 2 heterocycles. The van der Waals surface area contributed by atoms with Gasteiger partial charge in [0.1, 0.15) is 5.82 Å². The van der Waals surface area contributed by atoms with Gasteiger partial charge in [0, 0.05) is 23.2 Å². The summed E-state index contributed by atoms with van der Waals surface area (Å²) in [7, 11) is 0. The molecule has 17 heavy (non-hydrogen) atoms. The number of aryl methyl sites for hydroxylation is 2. The van der Waals surface area contributed by atoms with E-state index >= 15 is 0 Å². The second-order valence-electron chi connectivity index (χ2n) is 3.96. The highest BCUT2D eigenvalue weighted by molar-refractivity contribution is 7.98. The monoisotopic (exact) mass is 245 g/mol. The molecule has 0 aromatic carbocycles. The lowest BCUT2D eigenvalue weighted by Gasteiger charge is -2.05. The fourth-order valence-electron chi connectivity index (χ4n) is 1.60. The highest BCUT2D eigenvalue weighted by atomic mass is 32.2. The molecular weight excluding hydrogens is 230 g/mol. The zero-order valence-electron chi connectivity index (χ0n) is 9.97. The molecule has 0 atom stereocenters. The molecule has 3 nitrogen and oxygen atoms in total. The minimum absolute atomic E-state index is 0.601. The number of hydrogen-bond donors (Lipinski definition) is 1. The standard InChI is InChI=1S/C13H15N3S/c1-9-6-10(2)16-12(7-9)17-8-11-4-3-5-15-13(11)14/h3-7H,8H2,1-2H3,(H2,14,15). The van der Waals surface area contributed by atoms with Gasteiger partial charge in [0.05, 0.1) is 5.03 Å². The molecule has 0 radical (unpaired) electrons. The van der Waals surface area contributed by atoms with E-state index in [0.717, 1.165) is 22.0 Å². The van der Waals surface area contributed by atoms with Gasteiger partial charge in [-0.05, 0) is 37.6 Å². The Morgan fingerprint density at radius 1 is 1.29 bits per heavy atom. The number of nitrogens with zero attached hydrogens (tertiary/aromatic N) is 2. The predicted octanol–water partition coefficient (Wildman–Crippen LogP) is 2.97. The zero-order valence-corrected chi connectivity index (χ0v) is 10.8. The van der Waals surface area contributed by atoms with E-state index in [0.29, 0.717) is 5.82 Å². The van der Waals surface area contributed by atoms with Crippen molar-refractivity contribution >= 4 is 17.6 Å². The quantitative estimate of drug-likeness (QED) is 0.845. The van der Waals surface area contributed by atoms with Gasteiger partial charge < -0.3 is 5.73 Å². The van der Waals surface area contributed by atoms with Crippen molar-refractivity contribution in [1.82, 2.24) is 9.97 Å². The molecule has 4 heteroatoms. The second-order valence-corrected chi connectivity index (χ2v) is 4.96. The van der Waals surface area contributed by atoms with Crippen LogP contribution in [0, 0.1) is 13.8 Å². The maximum atomic E-state index is 5.80. The van der Waals surface area contributed by atoms with Crippen LogP contribution in [0.15, 0.2) is 35.5 Å². The Labute approximate surface area is 105 Å². The van der Waals surface area contributed by atoms with E-state index in [1.54, 1.807) is 18.0 Å². The molecule has 2 N–H and O–H groups in total. The molecule has 88 valence electrons. The number of rotatable bonds is 3. The van der Waals surface area contributed by atoms with Gasteiger partial charge in [-0.3, -0.25) is 0 Å². The number of aromatic nitrogens is 2. The molecule has 2 rings (SSSR count). The van der Waals surface area contributed by atoms with Crippen molar-refractivity contribution in [3.8, 4) is 0 Å². The van der Waals surface area contributed by atoms with Gasteiger partial charge >= 0.3 is 0 Å². The van der Waals surface area contributed by atoms with Crippen molar-refractivity contribution in [2.75, 3.05) is 5.73 Å². The van der Waals surface area contributed by atoms with Crippen LogP contribution >= 0.6 is 11.8 Å². The number of nitrogens with two attached hydrogens (primary N) is 1. The molecule has 0 amide bonds. The lowest BCUT2D eigenvalue weighted by atomic mass is 10.3. The Morgan fingerprint density at radius 2 is 2.12 bits per heavy atom. The molecule has 2 aromatic heterocycles. The van der Waals surface area contributed by atoms with Crippen molar-refractivity contribution in [3.63, 3.8) is 0 Å². The number of thioether (sulfide) groups is 1. The molecule has 0 unspecified atom stereocenters. The fourth-order valence-corrected chi connectivity index (χ4v) is 2.63. The Kier molecular flexibility index (Phi) is 3.64. The van der Waals surface area contributed by atoms with E-state index in [4.69, 9.17) is 5.73 Å². The van der Waals surface area contributed by atoms with E-state index < -0.39 is 0 Å². The van der Waals surface area contributed by atoms with Crippen LogP contribution in [0.25, 0.3) is 0 Å². The van der Waals surface area contributed by atoms with E-state index in [1.807, 2.05) is 19.1 Å². The average molecular weight is 245 g/mol. The first-order valence-electron chi connectivity index (χ1n) is 5.42. The summed E-state index contributed by atoms with van der Waals surface area (Å²) in [5.41, 5.74) is 9.14. The molecule has 0 aliphatic rings. The summed E-state index contributed by atoms with van der Waals surface area (Å²) in [5.74, 6) is 1.40. The molecule has 0 aliphatic heterocycles. The van der Waals surface area contributed by atoms with Crippen LogP contribution in [0.5, 0.6) is 0 Å². The third kappa shape index (κ3) is 3.20. The van der Waals surface area contributed by atoms with Gasteiger partial charge in [0.25, 0.3) is 0 Å². The summed E-state index contributed by atoms with van der Waals surface area (Å²) in [6.07, 6.45) is 1.71. The Balaban J connectivity index is 2.10. The largest absolute Gasteiger partial charge is 0.383 e. The Bertz CT molecular complexity index is 506. The summed E-state index contributed by atoms with van der Waals surface area (Å²) >= 11 is 1.68. The number of pyridine rings is 2. The van der Waals surface area contributed by atoms with E-state index in [9.17, 15) is 0 Å².